The lowest BCUT2D eigenvalue weighted by molar-refractivity contribution is 0.801. The van der Waals surface area contributed by atoms with Crippen LogP contribution >= 0.6 is 0 Å². The molecule has 18 heavy (non-hydrogen) atoms. The Morgan fingerprint density at radius 1 is 1.06 bits per heavy atom. The molecule has 3 heteroatoms. The number of nitrogens with zero attached hydrogens (tertiary/aromatic N) is 2. The third-order valence-electron chi connectivity index (χ3n) is 3.13. The Morgan fingerprint density at radius 3 is 2.72 bits per heavy atom. The second kappa shape index (κ2) is 4.63. The Kier molecular flexibility index (Phi) is 2.82. The minimum atomic E-state index is 0.489. The van der Waals surface area contributed by atoms with Crippen LogP contribution in [-0.4, -0.2) is 9.55 Å². The smallest absolute Gasteiger partial charge is 0.0953 e. The minimum absolute atomic E-state index is 0.489. The molecule has 3 rings (SSSR count). The van der Waals surface area contributed by atoms with Crippen molar-refractivity contribution in [3.8, 4) is 0 Å². The van der Waals surface area contributed by atoms with Gasteiger partial charge in [0.2, 0.25) is 0 Å². The molecule has 1 aromatic heterocycles. The van der Waals surface area contributed by atoms with E-state index in [9.17, 15) is 0 Å². The van der Waals surface area contributed by atoms with E-state index < -0.39 is 0 Å². The SMILES string of the molecule is NCc1cn(Cc2cccc3ccccc23)cn1. The number of hydrogen-bond donors (Lipinski definition) is 1. The van der Waals surface area contributed by atoms with Crippen LogP contribution in [0.4, 0.5) is 0 Å². The standard InChI is InChI=1S/C15H15N3/c16-8-14-10-18(11-17-14)9-13-6-3-5-12-4-1-2-7-15(12)13/h1-7,10-11H,8-9,16H2. The monoisotopic (exact) mass is 237 g/mol. The van der Waals surface area contributed by atoms with E-state index in [-0.39, 0.29) is 0 Å². The average molecular weight is 237 g/mol. The third kappa shape index (κ3) is 2.00. The van der Waals surface area contributed by atoms with Gasteiger partial charge >= 0.3 is 0 Å². The summed E-state index contributed by atoms with van der Waals surface area (Å²) in [5.74, 6) is 0. The molecule has 0 atom stereocenters. The summed E-state index contributed by atoms with van der Waals surface area (Å²) < 4.78 is 2.07. The third-order valence-corrected chi connectivity index (χ3v) is 3.13. The summed E-state index contributed by atoms with van der Waals surface area (Å²) in [7, 11) is 0. The van der Waals surface area contributed by atoms with E-state index in [2.05, 4.69) is 52.0 Å². The number of nitrogens with two attached hydrogens (primary N) is 1. The molecule has 0 aliphatic carbocycles. The Balaban J connectivity index is 1.99. The van der Waals surface area contributed by atoms with Crippen molar-refractivity contribution >= 4 is 10.8 Å². The molecule has 0 radical (unpaired) electrons. The van der Waals surface area contributed by atoms with Crippen LogP contribution in [0.15, 0.2) is 55.0 Å². The van der Waals surface area contributed by atoms with E-state index in [1.807, 2.05) is 12.5 Å². The first-order chi connectivity index (χ1) is 8.86. The first kappa shape index (κ1) is 11.0. The zero-order valence-electron chi connectivity index (χ0n) is 10.1. The van der Waals surface area contributed by atoms with Gasteiger partial charge in [-0.15, -0.1) is 0 Å². The lowest BCUT2D eigenvalue weighted by Gasteiger charge is -2.07. The summed E-state index contributed by atoms with van der Waals surface area (Å²) in [4.78, 5) is 4.25. The van der Waals surface area contributed by atoms with Crippen LogP contribution in [0.5, 0.6) is 0 Å². The molecule has 1 heterocycles. The minimum Gasteiger partial charge on any atom is -0.333 e. The van der Waals surface area contributed by atoms with Crippen LogP contribution in [0.25, 0.3) is 10.8 Å². The van der Waals surface area contributed by atoms with Gasteiger partial charge < -0.3 is 10.3 Å². The Morgan fingerprint density at radius 2 is 1.89 bits per heavy atom. The number of hydrogen-bond acceptors (Lipinski definition) is 2. The number of benzene rings is 2. The lowest BCUT2D eigenvalue weighted by Crippen LogP contribution is -1.98. The lowest BCUT2D eigenvalue weighted by atomic mass is 10.0. The highest BCUT2D eigenvalue weighted by Gasteiger charge is 2.02. The van der Waals surface area contributed by atoms with Crippen molar-refractivity contribution < 1.29 is 0 Å². The molecule has 0 bridgehead atoms. The van der Waals surface area contributed by atoms with E-state index >= 15 is 0 Å². The van der Waals surface area contributed by atoms with Crippen molar-refractivity contribution in [3.05, 3.63) is 66.2 Å². The van der Waals surface area contributed by atoms with Gasteiger partial charge in [-0.2, -0.15) is 0 Å². The molecular weight excluding hydrogens is 222 g/mol. The maximum Gasteiger partial charge on any atom is 0.0953 e. The van der Waals surface area contributed by atoms with Gasteiger partial charge in [-0.05, 0) is 16.3 Å². The molecule has 0 saturated heterocycles. The summed E-state index contributed by atoms with van der Waals surface area (Å²) in [6.07, 6.45) is 3.84. The van der Waals surface area contributed by atoms with Crippen molar-refractivity contribution in [2.24, 2.45) is 5.73 Å². The predicted octanol–water partition coefficient (Wildman–Crippen LogP) is 2.54. The van der Waals surface area contributed by atoms with Gasteiger partial charge in [-0.1, -0.05) is 42.5 Å². The van der Waals surface area contributed by atoms with Gasteiger partial charge in [0.25, 0.3) is 0 Å². The fraction of sp³-hybridized carbons (Fsp3) is 0.133. The molecule has 90 valence electrons. The van der Waals surface area contributed by atoms with Crippen molar-refractivity contribution in [1.82, 2.24) is 9.55 Å². The van der Waals surface area contributed by atoms with Crippen molar-refractivity contribution in [3.63, 3.8) is 0 Å². The quantitative estimate of drug-likeness (QED) is 0.760. The van der Waals surface area contributed by atoms with Crippen LogP contribution in [-0.2, 0) is 13.1 Å². The fourth-order valence-corrected chi connectivity index (χ4v) is 2.23. The van der Waals surface area contributed by atoms with Gasteiger partial charge in [0, 0.05) is 19.3 Å². The second-order valence-electron chi connectivity index (χ2n) is 4.38. The molecule has 0 aliphatic rings. The van der Waals surface area contributed by atoms with E-state index in [0.717, 1.165) is 12.2 Å². The first-order valence-electron chi connectivity index (χ1n) is 6.04. The van der Waals surface area contributed by atoms with Crippen molar-refractivity contribution in [1.29, 1.82) is 0 Å². The molecule has 0 amide bonds. The average Bonchev–Trinajstić information content (AvgIpc) is 2.87. The summed E-state index contributed by atoms with van der Waals surface area (Å²) >= 11 is 0. The molecule has 3 nitrogen and oxygen atoms in total. The van der Waals surface area contributed by atoms with Crippen molar-refractivity contribution in [2.75, 3.05) is 0 Å². The van der Waals surface area contributed by atoms with E-state index in [1.165, 1.54) is 16.3 Å². The molecule has 0 unspecified atom stereocenters. The fourth-order valence-electron chi connectivity index (χ4n) is 2.23. The van der Waals surface area contributed by atoms with Crippen molar-refractivity contribution in [2.45, 2.75) is 13.1 Å². The largest absolute Gasteiger partial charge is 0.333 e. The zero-order chi connectivity index (χ0) is 12.4. The second-order valence-corrected chi connectivity index (χ2v) is 4.38. The Labute approximate surface area is 106 Å². The highest BCUT2D eigenvalue weighted by molar-refractivity contribution is 5.85. The van der Waals surface area contributed by atoms with E-state index in [1.54, 1.807) is 0 Å². The van der Waals surface area contributed by atoms with Gasteiger partial charge in [0.1, 0.15) is 0 Å². The molecule has 2 N–H and O–H groups in total. The molecule has 0 saturated carbocycles. The highest BCUT2D eigenvalue weighted by Crippen LogP contribution is 2.19. The normalized spacial score (nSPS) is 10.9. The van der Waals surface area contributed by atoms with Crippen LogP contribution < -0.4 is 5.73 Å². The van der Waals surface area contributed by atoms with Crippen LogP contribution in [0.2, 0.25) is 0 Å². The molecule has 3 aromatic rings. The van der Waals surface area contributed by atoms with Crippen LogP contribution in [0.3, 0.4) is 0 Å². The highest BCUT2D eigenvalue weighted by atomic mass is 15.0. The topological polar surface area (TPSA) is 43.8 Å². The zero-order valence-corrected chi connectivity index (χ0v) is 10.1. The van der Waals surface area contributed by atoms with Gasteiger partial charge in [0.05, 0.1) is 12.0 Å². The molecule has 0 aliphatic heterocycles. The Hall–Kier alpha value is -2.13. The number of fused-ring (bicyclic) bond motifs is 1. The number of imidazole rings is 1. The number of rotatable bonds is 3. The number of aromatic nitrogens is 2. The summed E-state index contributed by atoms with van der Waals surface area (Å²) in [5.41, 5.74) is 7.80. The van der Waals surface area contributed by atoms with Crippen LogP contribution in [0, 0.1) is 0 Å². The summed E-state index contributed by atoms with van der Waals surface area (Å²) in [5, 5.41) is 2.57. The van der Waals surface area contributed by atoms with Gasteiger partial charge in [0.15, 0.2) is 0 Å². The van der Waals surface area contributed by atoms with E-state index in [0.29, 0.717) is 6.54 Å². The van der Waals surface area contributed by atoms with E-state index in [4.69, 9.17) is 5.73 Å². The molecule has 0 spiro atoms. The molecular formula is C15H15N3. The van der Waals surface area contributed by atoms with Crippen LogP contribution in [0.1, 0.15) is 11.3 Å². The first-order valence-corrected chi connectivity index (χ1v) is 6.04. The van der Waals surface area contributed by atoms with Gasteiger partial charge in [-0.3, -0.25) is 0 Å². The maximum atomic E-state index is 5.57. The molecule has 0 fully saturated rings. The summed E-state index contributed by atoms with van der Waals surface area (Å²) in [6, 6.07) is 14.8. The van der Waals surface area contributed by atoms with Gasteiger partial charge in [-0.25, -0.2) is 4.98 Å². The molecule has 2 aromatic carbocycles. The predicted molar refractivity (Wildman–Crippen MR) is 73.2 cm³/mol. The summed E-state index contributed by atoms with van der Waals surface area (Å²) in [6.45, 7) is 1.32. The maximum absolute atomic E-state index is 5.57. The Bertz CT molecular complexity index is 665.